The summed E-state index contributed by atoms with van der Waals surface area (Å²) >= 11 is 0. The van der Waals surface area contributed by atoms with Crippen LogP contribution in [-0.2, 0) is 6.54 Å². The number of hydrogen-bond donors (Lipinski definition) is 2. The number of aliphatic hydroxyl groups is 1. The average molecular weight is 261 g/mol. The Balaban J connectivity index is 2.08. The number of fused-ring (bicyclic) bond motifs is 1. The molecule has 1 atom stereocenters. The van der Waals surface area contributed by atoms with Crippen molar-refractivity contribution >= 4 is 5.65 Å². The van der Waals surface area contributed by atoms with Crippen LogP contribution in [0.15, 0.2) is 30.6 Å². The number of pyridine rings is 1. The summed E-state index contributed by atoms with van der Waals surface area (Å²) in [5.41, 5.74) is 2.24. The van der Waals surface area contributed by atoms with E-state index in [1.54, 1.807) is 0 Å². The van der Waals surface area contributed by atoms with E-state index >= 15 is 0 Å². The van der Waals surface area contributed by atoms with Gasteiger partial charge in [0.15, 0.2) is 0 Å². The predicted molar refractivity (Wildman–Crippen MR) is 77.0 cm³/mol. The zero-order valence-electron chi connectivity index (χ0n) is 11.9. The first-order valence-electron chi connectivity index (χ1n) is 6.77. The van der Waals surface area contributed by atoms with Crippen molar-refractivity contribution in [3.63, 3.8) is 0 Å². The Morgan fingerprint density at radius 2 is 2.16 bits per heavy atom. The van der Waals surface area contributed by atoms with E-state index in [9.17, 15) is 5.11 Å². The Kier molecular flexibility index (Phi) is 4.22. The van der Waals surface area contributed by atoms with Gasteiger partial charge in [-0.05, 0) is 24.0 Å². The molecule has 104 valence electrons. The summed E-state index contributed by atoms with van der Waals surface area (Å²) in [7, 11) is 0. The fraction of sp³-hybridized carbons (Fsp3) is 0.533. The van der Waals surface area contributed by atoms with Gasteiger partial charge in [0, 0.05) is 25.4 Å². The second-order valence-corrected chi connectivity index (χ2v) is 5.99. The smallest absolute Gasteiger partial charge is 0.136 e. The number of rotatable bonds is 5. The normalized spacial score (nSPS) is 13.9. The molecule has 2 aromatic rings. The number of aliphatic hydroxyl groups excluding tert-OH is 1. The number of hydrogen-bond acceptors (Lipinski definition) is 3. The molecule has 0 aliphatic rings. The number of aromatic nitrogens is 2. The van der Waals surface area contributed by atoms with E-state index < -0.39 is 0 Å². The van der Waals surface area contributed by atoms with Gasteiger partial charge in [-0.25, -0.2) is 4.98 Å². The Morgan fingerprint density at radius 3 is 2.84 bits per heavy atom. The van der Waals surface area contributed by atoms with Crippen LogP contribution >= 0.6 is 0 Å². The lowest BCUT2D eigenvalue weighted by Gasteiger charge is -2.31. The highest BCUT2D eigenvalue weighted by Crippen LogP contribution is 2.22. The van der Waals surface area contributed by atoms with Gasteiger partial charge in [-0.1, -0.05) is 26.8 Å². The average Bonchev–Trinajstić information content (AvgIpc) is 2.76. The minimum absolute atomic E-state index is 0.128. The molecule has 0 saturated carbocycles. The molecule has 2 rings (SSSR count). The summed E-state index contributed by atoms with van der Waals surface area (Å²) in [5.74, 6) is 0. The first-order valence-corrected chi connectivity index (χ1v) is 6.77. The third kappa shape index (κ3) is 3.33. The third-order valence-corrected chi connectivity index (χ3v) is 3.49. The zero-order valence-corrected chi connectivity index (χ0v) is 11.9. The zero-order chi connectivity index (χ0) is 13.9. The summed E-state index contributed by atoms with van der Waals surface area (Å²) < 4.78 is 2.09. The van der Waals surface area contributed by atoms with Gasteiger partial charge in [-0.15, -0.1) is 0 Å². The molecule has 0 saturated heterocycles. The van der Waals surface area contributed by atoms with Gasteiger partial charge in [-0.2, -0.15) is 0 Å². The van der Waals surface area contributed by atoms with Gasteiger partial charge >= 0.3 is 0 Å². The molecule has 4 nitrogen and oxygen atoms in total. The summed E-state index contributed by atoms with van der Waals surface area (Å²) in [6.45, 7) is 7.54. The minimum atomic E-state index is 0.128. The van der Waals surface area contributed by atoms with E-state index in [0.29, 0.717) is 0 Å². The number of imidazole rings is 1. The Labute approximate surface area is 114 Å². The molecule has 2 heterocycles. The highest BCUT2D eigenvalue weighted by atomic mass is 16.3. The lowest BCUT2D eigenvalue weighted by atomic mass is 9.85. The third-order valence-electron chi connectivity index (χ3n) is 3.49. The largest absolute Gasteiger partial charge is 0.396 e. The Hall–Kier alpha value is -1.39. The van der Waals surface area contributed by atoms with Gasteiger partial charge in [0.2, 0.25) is 0 Å². The lowest BCUT2D eigenvalue weighted by molar-refractivity contribution is 0.196. The van der Waals surface area contributed by atoms with Crippen molar-refractivity contribution in [2.45, 2.75) is 39.8 Å². The maximum atomic E-state index is 9.17. The topological polar surface area (TPSA) is 49.6 Å². The molecule has 2 aromatic heterocycles. The highest BCUT2D eigenvalue weighted by molar-refractivity contribution is 5.39. The van der Waals surface area contributed by atoms with Gasteiger partial charge in [0.1, 0.15) is 5.65 Å². The van der Waals surface area contributed by atoms with Gasteiger partial charge in [-0.3, -0.25) is 0 Å². The minimum Gasteiger partial charge on any atom is -0.396 e. The van der Waals surface area contributed by atoms with Crippen LogP contribution in [0.25, 0.3) is 5.65 Å². The van der Waals surface area contributed by atoms with Crippen LogP contribution in [0.1, 0.15) is 32.9 Å². The van der Waals surface area contributed by atoms with Crippen LogP contribution in [-0.4, -0.2) is 27.1 Å². The van der Waals surface area contributed by atoms with Gasteiger partial charge in [0.25, 0.3) is 0 Å². The molecular formula is C15H23N3O. The standard InChI is InChI=1S/C15H23N3O/c1-15(2,3)13(7-9-19)16-10-12-11-17-14-6-4-5-8-18(12)14/h4-6,8,11,13,16,19H,7,9-10H2,1-3H3. The molecule has 2 N–H and O–H groups in total. The van der Waals surface area contributed by atoms with E-state index in [1.165, 1.54) is 0 Å². The molecule has 0 aromatic carbocycles. The van der Waals surface area contributed by atoms with Crippen molar-refractivity contribution in [3.8, 4) is 0 Å². The summed E-state index contributed by atoms with van der Waals surface area (Å²) in [6.07, 6.45) is 4.69. The molecule has 0 aliphatic carbocycles. The number of nitrogens with one attached hydrogen (secondary N) is 1. The van der Waals surface area contributed by atoms with Gasteiger partial charge in [0.05, 0.1) is 11.9 Å². The Bertz CT molecular complexity index is 527. The lowest BCUT2D eigenvalue weighted by Crippen LogP contribution is -2.40. The Morgan fingerprint density at radius 1 is 1.37 bits per heavy atom. The molecule has 0 fully saturated rings. The van der Waals surface area contributed by atoms with Crippen molar-refractivity contribution in [2.75, 3.05) is 6.61 Å². The molecule has 0 amide bonds. The summed E-state index contributed by atoms with van der Waals surface area (Å²) in [4.78, 5) is 4.38. The van der Waals surface area contributed by atoms with Crippen molar-refractivity contribution in [1.29, 1.82) is 0 Å². The SMILES string of the molecule is CC(C)(C)C(CCO)NCc1cnc2ccccn12. The van der Waals surface area contributed by atoms with Crippen LogP contribution in [0.4, 0.5) is 0 Å². The predicted octanol–water partition coefficient (Wildman–Crippen LogP) is 2.22. The van der Waals surface area contributed by atoms with E-state index in [0.717, 1.165) is 24.3 Å². The van der Waals surface area contributed by atoms with Crippen molar-refractivity contribution in [3.05, 3.63) is 36.3 Å². The maximum Gasteiger partial charge on any atom is 0.136 e. The van der Waals surface area contributed by atoms with E-state index in [4.69, 9.17) is 0 Å². The van der Waals surface area contributed by atoms with Crippen molar-refractivity contribution in [1.82, 2.24) is 14.7 Å². The van der Waals surface area contributed by atoms with Crippen molar-refractivity contribution in [2.24, 2.45) is 5.41 Å². The van der Waals surface area contributed by atoms with Crippen LogP contribution in [0.3, 0.4) is 0 Å². The van der Waals surface area contributed by atoms with E-state index in [-0.39, 0.29) is 18.1 Å². The van der Waals surface area contributed by atoms with Crippen molar-refractivity contribution < 1.29 is 5.11 Å². The first kappa shape index (κ1) is 14.0. The molecule has 1 unspecified atom stereocenters. The monoisotopic (exact) mass is 261 g/mol. The fourth-order valence-electron chi connectivity index (χ4n) is 2.31. The van der Waals surface area contributed by atoms with E-state index in [1.807, 2.05) is 30.6 Å². The highest BCUT2D eigenvalue weighted by Gasteiger charge is 2.23. The first-order chi connectivity index (χ1) is 9.02. The van der Waals surface area contributed by atoms with Crippen LogP contribution < -0.4 is 5.32 Å². The number of nitrogens with zero attached hydrogens (tertiary/aromatic N) is 2. The fourth-order valence-corrected chi connectivity index (χ4v) is 2.31. The molecule has 0 spiro atoms. The van der Waals surface area contributed by atoms with E-state index in [2.05, 4.69) is 35.5 Å². The second kappa shape index (κ2) is 5.72. The summed E-state index contributed by atoms with van der Waals surface area (Å²) in [5, 5.41) is 12.7. The molecule has 4 heteroatoms. The van der Waals surface area contributed by atoms with Crippen LogP contribution in [0.5, 0.6) is 0 Å². The quantitative estimate of drug-likeness (QED) is 0.867. The maximum absolute atomic E-state index is 9.17. The van der Waals surface area contributed by atoms with Crippen LogP contribution in [0.2, 0.25) is 0 Å². The molecule has 0 radical (unpaired) electrons. The summed E-state index contributed by atoms with van der Waals surface area (Å²) in [6, 6.07) is 6.28. The second-order valence-electron chi connectivity index (χ2n) is 5.99. The van der Waals surface area contributed by atoms with Crippen LogP contribution in [0, 0.1) is 5.41 Å². The molecule has 19 heavy (non-hydrogen) atoms. The molecule has 0 bridgehead atoms. The van der Waals surface area contributed by atoms with Gasteiger partial charge < -0.3 is 14.8 Å². The molecule has 0 aliphatic heterocycles. The molecular weight excluding hydrogens is 238 g/mol.